The lowest BCUT2D eigenvalue weighted by molar-refractivity contribution is -2.00. The molecule has 0 bridgehead atoms. The van der Waals surface area contributed by atoms with Gasteiger partial charge in [0.05, 0.1) is 5.69 Å². The molecule has 25 heavy (non-hydrogen) atoms. The first-order valence-corrected chi connectivity index (χ1v) is 9.01. The summed E-state index contributed by atoms with van der Waals surface area (Å²) in [6, 6.07) is 19.0. The number of quaternary nitrogens is 1. The molecule has 2 aromatic rings. The molecule has 0 aromatic heterocycles. The topological polar surface area (TPSA) is 138 Å². The molecule has 1 aliphatic rings. The number of para-hydroxylation sites is 1. The number of aliphatic imine (C=N–C) groups is 1. The van der Waals surface area contributed by atoms with E-state index in [1.54, 1.807) is 0 Å². The molecule has 0 unspecified atom stereocenters. The average molecular weight is 381 g/mol. The van der Waals surface area contributed by atoms with Crippen molar-refractivity contribution in [1.82, 2.24) is 0 Å². The van der Waals surface area contributed by atoms with E-state index in [0.29, 0.717) is 11.3 Å². The molecule has 1 heterocycles. The number of nitrogens with two attached hydrogens (primary N) is 1. The number of nitrogens with zero attached hydrogens (tertiary/aromatic N) is 1. The minimum absolute atomic E-state index is 0.0383. The van der Waals surface area contributed by atoms with Crippen molar-refractivity contribution in [3.8, 4) is 0 Å². The highest BCUT2D eigenvalue weighted by atomic mass is 35.7. The Balaban J connectivity index is 0.000000399. The third-order valence-corrected chi connectivity index (χ3v) is 3.70. The summed E-state index contributed by atoms with van der Waals surface area (Å²) in [6.07, 6.45) is 0. The number of thioether (sulfide) groups is 1. The van der Waals surface area contributed by atoms with Gasteiger partial charge in [0.1, 0.15) is 0 Å². The van der Waals surface area contributed by atoms with E-state index < -0.39 is 10.2 Å². The van der Waals surface area contributed by atoms with Crippen LogP contribution < -0.4 is 24.0 Å². The number of hydrogen-bond acceptors (Lipinski definition) is 7. The number of Topliss-reactive ketones (excluding diaryl/α,β-unsaturated/α-hetero) is 1. The number of halogens is 1. The summed E-state index contributed by atoms with van der Waals surface area (Å²) in [5, 5.41) is 4.54. The summed E-state index contributed by atoms with van der Waals surface area (Å²) in [5.74, 6) is 0.0383. The van der Waals surface area contributed by atoms with Gasteiger partial charge in [-0.15, -0.1) is 10.2 Å². The maximum absolute atomic E-state index is 12.3. The van der Waals surface area contributed by atoms with Crippen molar-refractivity contribution < 1.29 is 39.0 Å². The molecule has 130 valence electrons. The fraction of sp³-hybridized carbons (Fsp3) is 0. The number of amidine groups is 1. The van der Waals surface area contributed by atoms with E-state index in [4.69, 9.17) is 18.6 Å². The smallest absolute Gasteiger partial charge is 0.270 e. The standard InChI is InChI=1S/C16H12N2OS.ClHO4/c19-15(12-7-3-1-4-8-12)14-11-20-16(18-14)17-13-9-5-2-6-10-13;2-1(3,4)5/h1-11H,(H,17,18);(H,2,3,4,5). The van der Waals surface area contributed by atoms with E-state index in [9.17, 15) is 4.79 Å². The molecule has 3 rings (SSSR count). The monoisotopic (exact) mass is 380 g/mol. The number of benzene rings is 2. The van der Waals surface area contributed by atoms with Crippen molar-refractivity contribution in [2.75, 3.05) is 0 Å². The number of hydrogen-bond donors (Lipinski definition) is 1. The third kappa shape index (κ3) is 7.16. The van der Waals surface area contributed by atoms with Crippen molar-refractivity contribution >= 4 is 28.4 Å². The molecule has 1 aliphatic heterocycles. The lowest BCUT2D eigenvalue weighted by atomic mass is 10.1. The van der Waals surface area contributed by atoms with Gasteiger partial charge >= 0.3 is 0 Å². The summed E-state index contributed by atoms with van der Waals surface area (Å²) in [7, 11) is -4.94. The Bertz CT molecular complexity index is 770. The average Bonchev–Trinajstić information content (AvgIpc) is 3.03. The number of carbonyl (C=O) groups excluding carboxylic acids is 1. The predicted octanol–water partition coefficient (Wildman–Crippen LogP) is -2.05. The molecule has 0 aliphatic carbocycles. The van der Waals surface area contributed by atoms with Crippen LogP contribution in [0, 0.1) is 10.2 Å². The molecular weight excluding hydrogens is 368 g/mol. The minimum Gasteiger partial charge on any atom is -0.283 e. The molecule has 0 saturated carbocycles. The van der Waals surface area contributed by atoms with Crippen LogP contribution in [0.1, 0.15) is 10.4 Å². The van der Waals surface area contributed by atoms with E-state index in [2.05, 4.69) is 4.99 Å². The maximum Gasteiger partial charge on any atom is 0.270 e. The van der Waals surface area contributed by atoms with Crippen molar-refractivity contribution in [2.45, 2.75) is 0 Å². The molecular formula is C16H13ClN2O5S. The molecule has 0 radical (unpaired) electrons. The first kappa shape index (κ1) is 19.3. The molecule has 0 amide bonds. The highest BCUT2D eigenvalue weighted by Crippen LogP contribution is 2.17. The van der Waals surface area contributed by atoms with E-state index in [0.717, 1.165) is 10.9 Å². The van der Waals surface area contributed by atoms with Crippen molar-refractivity contribution in [1.29, 1.82) is 0 Å². The Kier molecular flexibility index (Phi) is 6.85. The highest BCUT2D eigenvalue weighted by molar-refractivity contribution is 8.16. The van der Waals surface area contributed by atoms with E-state index >= 15 is 0 Å². The quantitative estimate of drug-likeness (QED) is 0.608. The Morgan fingerprint density at radius 2 is 1.44 bits per heavy atom. The second-order valence-corrected chi connectivity index (χ2v) is 6.34. The summed E-state index contributed by atoms with van der Waals surface area (Å²) < 4.78 is 34.0. The molecule has 2 N–H and O–H groups in total. The number of rotatable bonds is 3. The van der Waals surface area contributed by atoms with Gasteiger partial charge in [0.15, 0.2) is 5.70 Å². The van der Waals surface area contributed by atoms with Gasteiger partial charge in [-0.1, -0.05) is 48.5 Å². The molecule has 0 saturated heterocycles. The van der Waals surface area contributed by atoms with Crippen LogP contribution in [0.2, 0.25) is 0 Å². The van der Waals surface area contributed by atoms with Crippen LogP contribution in [0.25, 0.3) is 0 Å². The first-order valence-electron chi connectivity index (χ1n) is 6.90. The van der Waals surface area contributed by atoms with E-state index in [1.165, 1.54) is 11.8 Å². The maximum atomic E-state index is 12.3. The predicted molar refractivity (Wildman–Crippen MR) is 81.9 cm³/mol. The van der Waals surface area contributed by atoms with Gasteiger partial charge in [-0.3, -0.25) is 10.1 Å². The zero-order valence-corrected chi connectivity index (χ0v) is 14.3. The lowest BCUT2D eigenvalue weighted by Crippen LogP contribution is -2.84. The highest BCUT2D eigenvalue weighted by Gasteiger charge is 2.25. The van der Waals surface area contributed by atoms with Crippen LogP contribution in [0.5, 0.6) is 0 Å². The van der Waals surface area contributed by atoms with Crippen LogP contribution in [-0.4, -0.2) is 11.0 Å². The summed E-state index contributed by atoms with van der Waals surface area (Å²) in [5.41, 5.74) is 2.29. The van der Waals surface area contributed by atoms with Crippen LogP contribution >= 0.6 is 11.8 Å². The molecule has 7 nitrogen and oxygen atoms in total. The molecule has 9 heteroatoms. The molecule has 0 atom stereocenters. The van der Waals surface area contributed by atoms with Crippen molar-refractivity contribution in [3.05, 3.63) is 77.3 Å². The van der Waals surface area contributed by atoms with Gasteiger partial charge < -0.3 is 0 Å². The SMILES string of the molecule is O=C(C1=CSC(=Nc2ccccc2)[NH2+]1)c1ccccc1.[O-][Cl+3]([O-])([O-])[O-]. The largest absolute Gasteiger partial charge is 0.283 e. The van der Waals surface area contributed by atoms with Crippen LogP contribution in [0.4, 0.5) is 5.69 Å². The van der Waals surface area contributed by atoms with Crippen LogP contribution in [0.3, 0.4) is 0 Å². The van der Waals surface area contributed by atoms with Gasteiger partial charge in [0.2, 0.25) is 5.78 Å². The molecule has 2 aromatic carbocycles. The van der Waals surface area contributed by atoms with E-state index in [-0.39, 0.29) is 5.78 Å². The normalized spacial score (nSPS) is 15.4. The van der Waals surface area contributed by atoms with Crippen molar-refractivity contribution in [2.24, 2.45) is 4.99 Å². The lowest BCUT2D eigenvalue weighted by Gasteiger charge is -2.17. The van der Waals surface area contributed by atoms with Crippen LogP contribution in [-0.2, 0) is 0 Å². The summed E-state index contributed by atoms with van der Waals surface area (Å²) >= 11 is 1.48. The number of ketones is 1. The van der Waals surface area contributed by atoms with E-state index in [1.807, 2.05) is 71.4 Å². The third-order valence-electron chi connectivity index (χ3n) is 2.88. The summed E-state index contributed by atoms with van der Waals surface area (Å²) in [6.45, 7) is 0. The fourth-order valence-electron chi connectivity index (χ4n) is 1.89. The summed E-state index contributed by atoms with van der Waals surface area (Å²) in [4.78, 5) is 16.8. The Morgan fingerprint density at radius 3 is 2.00 bits per heavy atom. The number of allylic oxidation sites excluding steroid dienone is 1. The van der Waals surface area contributed by atoms with Gasteiger partial charge in [-0.05, 0) is 23.9 Å². The zero-order valence-electron chi connectivity index (χ0n) is 12.7. The Hall–Kier alpha value is -2.04. The fourth-order valence-corrected chi connectivity index (χ4v) is 2.66. The zero-order chi connectivity index (χ0) is 18.3. The second-order valence-electron chi connectivity index (χ2n) is 4.69. The van der Waals surface area contributed by atoms with Gasteiger partial charge in [-0.2, -0.15) is 4.99 Å². The Morgan fingerprint density at radius 1 is 0.920 bits per heavy atom. The second kappa shape index (κ2) is 8.88. The van der Waals surface area contributed by atoms with Gasteiger partial charge in [0, 0.05) is 11.0 Å². The molecule has 0 fully saturated rings. The van der Waals surface area contributed by atoms with Crippen LogP contribution in [0.15, 0.2) is 76.8 Å². The first-order chi connectivity index (χ1) is 11.8. The van der Waals surface area contributed by atoms with Crippen molar-refractivity contribution in [3.63, 3.8) is 0 Å². The van der Waals surface area contributed by atoms with Gasteiger partial charge in [0.25, 0.3) is 5.17 Å². The number of carbonyl (C=O) groups is 1. The Labute approximate surface area is 150 Å². The molecule has 0 spiro atoms. The minimum atomic E-state index is -4.94. The van der Waals surface area contributed by atoms with Gasteiger partial charge in [-0.25, -0.2) is 18.6 Å².